The predicted octanol–water partition coefficient (Wildman–Crippen LogP) is 0.734. The Morgan fingerprint density at radius 1 is 1.22 bits per heavy atom. The monoisotopic (exact) mass is 253 g/mol. The Balaban J connectivity index is 2.96. The molecule has 1 rings (SSSR count). The summed E-state index contributed by atoms with van der Waals surface area (Å²) in [6.45, 7) is 1.55. The van der Waals surface area contributed by atoms with Gasteiger partial charge in [0.25, 0.3) is 0 Å². The van der Waals surface area contributed by atoms with Crippen LogP contribution < -0.4 is 15.2 Å². The summed E-state index contributed by atoms with van der Waals surface area (Å²) >= 11 is 0. The van der Waals surface area contributed by atoms with Gasteiger partial charge in [-0.3, -0.25) is 4.79 Å². The highest BCUT2D eigenvalue weighted by Gasteiger charge is 2.17. The van der Waals surface area contributed by atoms with Crippen LogP contribution in [0.15, 0.2) is 18.2 Å². The SMILES string of the molecule is COC(=O)[C@@H](C)Oc1ccc(C(N)=O)cc1OC. The van der Waals surface area contributed by atoms with Crippen molar-refractivity contribution in [2.24, 2.45) is 5.73 Å². The Bertz CT molecular complexity index is 458. The van der Waals surface area contributed by atoms with Gasteiger partial charge < -0.3 is 19.9 Å². The molecule has 0 aliphatic heterocycles. The van der Waals surface area contributed by atoms with E-state index in [-0.39, 0.29) is 0 Å². The van der Waals surface area contributed by atoms with E-state index in [1.165, 1.54) is 32.4 Å². The number of benzene rings is 1. The van der Waals surface area contributed by atoms with E-state index in [1.807, 2.05) is 0 Å². The van der Waals surface area contributed by atoms with Gasteiger partial charge in [0.15, 0.2) is 17.6 Å². The third-order valence-electron chi connectivity index (χ3n) is 2.29. The number of ether oxygens (including phenoxy) is 3. The van der Waals surface area contributed by atoms with Crippen LogP contribution in [0, 0.1) is 0 Å². The lowest BCUT2D eigenvalue weighted by Gasteiger charge is -2.15. The molecule has 1 aromatic carbocycles. The average Bonchev–Trinajstić information content (AvgIpc) is 2.37. The zero-order valence-corrected chi connectivity index (χ0v) is 10.4. The lowest BCUT2D eigenvalue weighted by molar-refractivity contribution is -0.147. The molecular weight excluding hydrogens is 238 g/mol. The lowest BCUT2D eigenvalue weighted by Crippen LogP contribution is -2.25. The van der Waals surface area contributed by atoms with E-state index in [9.17, 15) is 9.59 Å². The van der Waals surface area contributed by atoms with Gasteiger partial charge in [-0.1, -0.05) is 0 Å². The van der Waals surface area contributed by atoms with E-state index >= 15 is 0 Å². The topological polar surface area (TPSA) is 87.9 Å². The summed E-state index contributed by atoms with van der Waals surface area (Å²) in [5, 5.41) is 0. The van der Waals surface area contributed by atoms with Crippen LogP contribution in [0.25, 0.3) is 0 Å². The van der Waals surface area contributed by atoms with Crippen molar-refractivity contribution in [3.05, 3.63) is 23.8 Å². The molecule has 6 heteroatoms. The smallest absolute Gasteiger partial charge is 0.346 e. The van der Waals surface area contributed by atoms with Crippen LogP contribution >= 0.6 is 0 Å². The average molecular weight is 253 g/mol. The molecule has 0 fully saturated rings. The maximum absolute atomic E-state index is 11.2. The van der Waals surface area contributed by atoms with Gasteiger partial charge in [-0.15, -0.1) is 0 Å². The molecule has 0 aromatic heterocycles. The third kappa shape index (κ3) is 3.13. The van der Waals surface area contributed by atoms with E-state index in [0.29, 0.717) is 17.1 Å². The minimum absolute atomic E-state index is 0.296. The highest BCUT2D eigenvalue weighted by Crippen LogP contribution is 2.28. The van der Waals surface area contributed by atoms with Crippen molar-refractivity contribution in [2.75, 3.05) is 14.2 Å². The maximum atomic E-state index is 11.2. The molecule has 0 saturated heterocycles. The standard InChI is InChI=1S/C12H15NO5/c1-7(12(15)17-3)18-9-5-4-8(11(13)14)6-10(9)16-2/h4-7H,1-3H3,(H2,13,14)/t7-/m1/s1. The number of esters is 1. The summed E-state index contributed by atoms with van der Waals surface area (Å²) in [7, 11) is 2.70. The number of hydrogen-bond acceptors (Lipinski definition) is 5. The van der Waals surface area contributed by atoms with Crippen molar-refractivity contribution >= 4 is 11.9 Å². The lowest BCUT2D eigenvalue weighted by atomic mass is 10.2. The minimum Gasteiger partial charge on any atom is -0.493 e. The second kappa shape index (κ2) is 5.90. The quantitative estimate of drug-likeness (QED) is 0.782. The van der Waals surface area contributed by atoms with Gasteiger partial charge in [0, 0.05) is 5.56 Å². The number of rotatable bonds is 5. The third-order valence-corrected chi connectivity index (χ3v) is 2.29. The molecule has 0 spiro atoms. The summed E-state index contributed by atoms with van der Waals surface area (Å²) in [6.07, 6.45) is -0.775. The van der Waals surface area contributed by atoms with Crippen LogP contribution in [-0.4, -0.2) is 32.2 Å². The molecule has 0 heterocycles. The second-order valence-corrected chi connectivity index (χ2v) is 3.51. The normalized spacial score (nSPS) is 11.5. The van der Waals surface area contributed by atoms with Crippen molar-refractivity contribution in [1.82, 2.24) is 0 Å². The number of amides is 1. The molecular formula is C12H15NO5. The van der Waals surface area contributed by atoms with Crippen molar-refractivity contribution in [3.8, 4) is 11.5 Å². The van der Waals surface area contributed by atoms with Crippen LogP contribution in [0.3, 0.4) is 0 Å². The van der Waals surface area contributed by atoms with Gasteiger partial charge in [-0.2, -0.15) is 0 Å². The molecule has 1 aromatic rings. The first kappa shape index (κ1) is 13.8. The molecule has 0 saturated carbocycles. The van der Waals surface area contributed by atoms with Crippen molar-refractivity contribution < 1.29 is 23.8 Å². The number of nitrogens with two attached hydrogens (primary N) is 1. The van der Waals surface area contributed by atoms with Crippen molar-refractivity contribution in [1.29, 1.82) is 0 Å². The van der Waals surface area contributed by atoms with Gasteiger partial charge in [-0.05, 0) is 25.1 Å². The largest absolute Gasteiger partial charge is 0.493 e. The fourth-order valence-electron chi connectivity index (χ4n) is 1.32. The molecule has 0 aliphatic carbocycles. The van der Waals surface area contributed by atoms with Crippen LogP contribution in [0.4, 0.5) is 0 Å². The number of hydrogen-bond donors (Lipinski definition) is 1. The summed E-state index contributed by atoms with van der Waals surface area (Å²) in [4.78, 5) is 22.2. The molecule has 2 N–H and O–H groups in total. The Morgan fingerprint density at radius 2 is 1.89 bits per heavy atom. The predicted molar refractivity (Wildman–Crippen MR) is 63.6 cm³/mol. The van der Waals surface area contributed by atoms with Crippen molar-refractivity contribution in [2.45, 2.75) is 13.0 Å². The Morgan fingerprint density at radius 3 is 2.39 bits per heavy atom. The summed E-state index contributed by atoms with van der Waals surface area (Å²) < 4.78 is 15.0. The van der Waals surface area contributed by atoms with Gasteiger partial charge in [0.2, 0.25) is 5.91 Å². The van der Waals surface area contributed by atoms with E-state index < -0.39 is 18.0 Å². The Hall–Kier alpha value is -2.24. The molecule has 98 valence electrons. The molecule has 0 radical (unpaired) electrons. The van der Waals surface area contributed by atoms with Crippen LogP contribution in [0.1, 0.15) is 17.3 Å². The summed E-state index contributed by atoms with van der Waals surface area (Å²) in [5.74, 6) is -0.417. The van der Waals surface area contributed by atoms with Crippen LogP contribution in [0.2, 0.25) is 0 Å². The number of primary amides is 1. The van der Waals surface area contributed by atoms with E-state index in [4.69, 9.17) is 15.2 Å². The number of carbonyl (C=O) groups excluding carboxylic acids is 2. The van der Waals surface area contributed by atoms with Crippen LogP contribution in [-0.2, 0) is 9.53 Å². The van der Waals surface area contributed by atoms with E-state index in [0.717, 1.165) is 0 Å². The van der Waals surface area contributed by atoms with Gasteiger partial charge >= 0.3 is 5.97 Å². The minimum atomic E-state index is -0.775. The fourth-order valence-corrected chi connectivity index (χ4v) is 1.32. The number of methoxy groups -OCH3 is 2. The molecule has 1 atom stereocenters. The molecule has 1 amide bonds. The zero-order chi connectivity index (χ0) is 13.7. The second-order valence-electron chi connectivity index (χ2n) is 3.51. The molecule has 6 nitrogen and oxygen atoms in total. The fraction of sp³-hybridized carbons (Fsp3) is 0.333. The highest BCUT2D eigenvalue weighted by molar-refractivity contribution is 5.93. The van der Waals surface area contributed by atoms with Gasteiger partial charge in [-0.25, -0.2) is 4.79 Å². The maximum Gasteiger partial charge on any atom is 0.346 e. The zero-order valence-electron chi connectivity index (χ0n) is 10.4. The highest BCUT2D eigenvalue weighted by atomic mass is 16.6. The first-order chi connectivity index (χ1) is 8.49. The van der Waals surface area contributed by atoms with E-state index in [2.05, 4.69) is 4.74 Å². The van der Waals surface area contributed by atoms with E-state index in [1.54, 1.807) is 6.92 Å². The summed E-state index contributed by atoms with van der Waals surface area (Å²) in [6, 6.07) is 4.45. The summed E-state index contributed by atoms with van der Waals surface area (Å²) in [5.41, 5.74) is 5.45. The van der Waals surface area contributed by atoms with Crippen molar-refractivity contribution in [3.63, 3.8) is 0 Å². The van der Waals surface area contributed by atoms with Gasteiger partial charge in [0.1, 0.15) is 0 Å². The Kier molecular flexibility index (Phi) is 4.53. The van der Waals surface area contributed by atoms with Gasteiger partial charge in [0.05, 0.1) is 14.2 Å². The van der Waals surface area contributed by atoms with Crippen LogP contribution in [0.5, 0.6) is 11.5 Å². The molecule has 0 unspecified atom stereocenters. The number of carbonyl (C=O) groups is 2. The Labute approximate surface area is 105 Å². The molecule has 18 heavy (non-hydrogen) atoms. The molecule has 0 aliphatic rings. The first-order valence-electron chi connectivity index (χ1n) is 5.22. The molecule has 0 bridgehead atoms. The first-order valence-corrected chi connectivity index (χ1v) is 5.22.